The number of hydrogen-bond acceptors (Lipinski definition) is 3. The lowest BCUT2D eigenvalue weighted by atomic mass is 10.2. The quantitative estimate of drug-likeness (QED) is 0.704. The van der Waals surface area contributed by atoms with Crippen molar-refractivity contribution < 1.29 is 0 Å². The second-order valence-corrected chi connectivity index (χ2v) is 6.00. The molecule has 0 amide bonds. The molecule has 1 heterocycles. The van der Waals surface area contributed by atoms with Crippen LogP contribution in [-0.2, 0) is 13.1 Å². The SMILES string of the molecule is CN(Cc1nccn1Cc1ccccc1)c1ccc(C#N)c(Cl)c1. The Hall–Kier alpha value is -2.77. The minimum Gasteiger partial charge on any atom is -0.367 e. The summed E-state index contributed by atoms with van der Waals surface area (Å²) in [7, 11) is 1.99. The van der Waals surface area contributed by atoms with Gasteiger partial charge in [-0.3, -0.25) is 0 Å². The van der Waals surface area contributed by atoms with Crippen molar-refractivity contribution in [1.29, 1.82) is 5.26 Å². The molecule has 120 valence electrons. The lowest BCUT2D eigenvalue weighted by Crippen LogP contribution is -2.20. The van der Waals surface area contributed by atoms with Crippen molar-refractivity contribution in [3.8, 4) is 6.07 Å². The van der Waals surface area contributed by atoms with E-state index in [-0.39, 0.29) is 0 Å². The average Bonchev–Trinajstić information content (AvgIpc) is 3.02. The van der Waals surface area contributed by atoms with Crippen LogP contribution < -0.4 is 4.90 Å². The zero-order valence-electron chi connectivity index (χ0n) is 13.4. The topological polar surface area (TPSA) is 44.9 Å². The maximum Gasteiger partial charge on any atom is 0.128 e. The van der Waals surface area contributed by atoms with Crippen molar-refractivity contribution in [3.05, 3.63) is 82.9 Å². The van der Waals surface area contributed by atoms with Gasteiger partial charge < -0.3 is 9.47 Å². The van der Waals surface area contributed by atoms with Gasteiger partial charge in [0.15, 0.2) is 0 Å². The maximum absolute atomic E-state index is 8.97. The monoisotopic (exact) mass is 336 g/mol. The molecule has 0 saturated carbocycles. The van der Waals surface area contributed by atoms with E-state index in [1.165, 1.54) is 5.56 Å². The molecule has 0 aliphatic rings. The van der Waals surface area contributed by atoms with E-state index in [0.29, 0.717) is 17.1 Å². The highest BCUT2D eigenvalue weighted by Crippen LogP contribution is 2.23. The van der Waals surface area contributed by atoms with Gasteiger partial charge in [-0.2, -0.15) is 5.26 Å². The minimum absolute atomic E-state index is 0.467. The van der Waals surface area contributed by atoms with Gasteiger partial charge in [-0.15, -0.1) is 0 Å². The molecule has 2 aromatic carbocycles. The van der Waals surface area contributed by atoms with E-state index < -0.39 is 0 Å². The molecule has 0 radical (unpaired) electrons. The number of aromatic nitrogens is 2. The van der Waals surface area contributed by atoms with Gasteiger partial charge in [0.1, 0.15) is 11.9 Å². The molecule has 0 fully saturated rings. The van der Waals surface area contributed by atoms with Crippen LogP contribution in [0.2, 0.25) is 5.02 Å². The molecule has 3 rings (SSSR count). The maximum atomic E-state index is 8.97. The smallest absolute Gasteiger partial charge is 0.128 e. The number of anilines is 1. The summed E-state index contributed by atoms with van der Waals surface area (Å²) < 4.78 is 2.14. The molecule has 5 heteroatoms. The number of halogens is 1. The highest BCUT2D eigenvalue weighted by molar-refractivity contribution is 6.32. The van der Waals surface area contributed by atoms with E-state index >= 15 is 0 Å². The van der Waals surface area contributed by atoms with Gasteiger partial charge in [-0.05, 0) is 23.8 Å². The number of nitrogens with zero attached hydrogens (tertiary/aromatic N) is 4. The summed E-state index contributed by atoms with van der Waals surface area (Å²) in [6, 6.07) is 17.8. The van der Waals surface area contributed by atoms with Crippen molar-refractivity contribution in [1.82, 2.24) is 9.55 Å². The molecule has 0 unspecified atom stereocenters. The van der Waals surface area contributed by atoms with Crippen molar-refractivity contribution in [2.24, 2.45) is 0 Å². The first-order valence-corrected chi connectivity index (χ1v) is 8.00. The summed E-state index contributed by atoms with van der Waals surface area (Å²) in [6.07, 6.45) is 3.81. The van der Waals surface area contributed by atoms with Crippen LogP contribution in [0.25, 0.3) is 0 Å². The van der Waals surface area contributed by atoms with Crippen LogP contribution in [0.3, 0.4) is 0 Å². The molecule has 0 N–H and O–H groups in total. The number of benzene rings is 2. The Bertz CT molecular complexity index is 865. The summed E-state index contributed by atoms with van der Waals surface area (Å²) >= 11 is 6.12. The van der Waals surface area contributed by atoms with Crippen LogP contribution in [-0.4, -0.2) is 16.6 Å². The van der Waals surface area contributed by atoms with E-state index in [0.717, 1.165) is 18.1 Å². The Morgan fingerprint density at radius 3 is 2.71 bits per heavy atom. The second kappa shape index (κ2) is 7.20. The average molecular weight is 337 g/mol. The molecule has 0 atom stereocenters. The van der Waals surface area contributed by atoms with Gasteiger partial charge in [0.25, 0.3) is 0 Å². The summed E-state index contributed by atoms with van der Waals surface area (Å²) in [4.78, 5) is 6.54. The van der Waals surface area contributed by atoms with E-state index in [9.17, 15) is 0 Å². The lowest BCUT2D eigenvalue weighted by molar-refractivity contribution is 0.707. The Labute approximate surface area is 146 Å². The van der Waals surface area contributed by atoms with Gasteiger partial charge in [0.05, 0.1) is 17.1 Å². The van der Waals surface area contributed by atoms with Crippen LogP contribution in [0.15, 0.2) is 60.9 Å². The zero-order chi connectivity index (χ0) is 16.9. The van der Waals surface area contributed by atoms with Gasteiger partial charge in [0, 0.05) is 31.7 Å². The summed E-state index contributed by atoms with van der Waals surface area (Å²) in [5.41, 5.74) is 2.67. The van der Waals surface area contributed by atoms with E-state index in [4.69, 9.17) is 16.9 Å². The predicted molar refractivity (Wildman–Crippen MR) is 96.0 cm³/mol. The lowest BCUT2D eigenvalue weighted by Gasteiger charge is -2.20. The Morgan fingerprint density at radius 1 is 1.21 bits per heavy atom. The van der Waals surface area contributed by atoms with Crippen molar-refractivity contribution >= 4 is 17.3 Å². The molecule has 3 aromatic rings. The highest BCUT2D eigenvalue weighted by atomic mass is 35.5. The fourth-order valence-electron chi connectivity index (χ4n) is 2.55. The van der Waals surface area contributed by atoms with Crippen LogP contribution in [0, 0.1) is 11.3 Å². The number of rotatable bonds is 5. The van der Waals surface area contributed by atoms with Crippen LogP contribution in [0.1, 0.15) is 17.0 Å². The summed E-state index contributed by atoms with van der Waals surface area (Å²) in [5.74, 6) is 0.974. The van der Waals surface area contributed by atoms with E-state index in [2.05, 4.69) is 32.7 Å². The van der Waals surface area contributed by atoms with Gasteiger partial charge in [-0.25, -0.2) is 4.98 Å². The second-order valence-electron chi connectivity index (χ2n) is 5.59. The van der Waals surface area contributed by atoms with Gasteiger partial charge in [0.2, 0.25) is 0 Å². The normalized spacial score (nSPS) is 10.4. The van der Waals surface area contributed by atoms with Crippen molar-refractivity contribution in [2.45, 2.75) is 13.1 Å². The van der Waals surface area contributed by atoms with Crippen LogP contribution >= 0.6 is 11.6 Å². The summed E-state index contributed by atoms with van der Waals surface area (Å²) in [5, 5.41) is 9.44. The largest absolute Gasteiger partial charge is 0.367 e. The van der Waals surface area contributed by atoms with Crippen LogP contribution in [0.4, 0.5) is 5.69 Å². The first-order valence-electron chi connectivity index (χ1n) is 7.62. The first-order chi connectivity index (χ1) is 11.7. The van der Waals surface area contributed by atoms with Crippen molar-refractivity contribution in [3.63, 3.8) is 0 Å². The van der Waals surface area contributed by atoms with Crippen molar-refractivity contribution in [2.75, 3.05) is 11.9 Å². The predicted octanol–water partition coefficient (Wildman–Crippen LogP) is 4.09. The third-order valence-electron chi connectivity index (χ3n) is 3.89. The molecule has 0 aliphatic carbocycles. The Kier molecular flexibility index (Phi) is 4.83. The Balaban J connectivity index is 1.76. The van der Waals surface area contributed by atoms with Crippen LogP contribution in [0.5, 0.6) is 0 Å². The Morgan fingerprint density at radius 2 is 2.00 bits per heavy atom. The number of nitriles is 1. The fourth-order valence-corrected chi connectivity index (χ4v) is 2.77. The molecular formula is C19H17ClN4. The number of hydrogen-bond donors (Lipinski definition) is 0. The molecule has 0 spiro atoms. The third-order valence-corrected chi connectivity index (χ3v) is 4.20. The standard InChI is InChI=1S/C19H17ClN4/c1-23(17-8-7-16(12-21)18(20)11-17)14-19-22-9-10-24(19)13-15-5-3-2-4-6-15/h2-11H,13-14H2,1H3. The van der Waals surface area contributed by atoms with E-state index in [1.54, 1.807) is 6.07 Å². The molecule has 4 nitrogen and oxygen atoms in total. The highest BCUT2D eigenvalue weighted by Gasteiger charge is 2.10. The van der Waals surface area contributed by atoms with Gasteiger partial charge in [-0.1, -0.05) is 41.9 Å². The van der Waals surface area contributed by atoms with Gasteiger partial charge >= 0.3 is 0 Å². The molecule has 0 bridgehead atoms. The summed E-state index contributed by atoms with van der Waals surface area (Å²) in [6.45, 7) is 1.44. The minimum atomic E-state index is 0.467. The molecule has 24 heavy (non-hydrogen) atoms. The first kappa shape index (κ1) is 16.1. The fraction of sp³-hybridized carbons (Fsp3) is 0.158. The zero-order valence-corrected chi connectivity index (χ0v) is 14.1. The van der Waals surface area contributed by atoms with E-state index in [1.807, 2.05) is 49.8 Å². The molecule has 1 aromatic heterocycles. The molecular weight excluding hydrogens is 320 g/mol. The third kappa shape index (κ3) is 3.58. The molecule has 0 saturated heterocycles. The molecule has 0 aliphatic heterocycles. The number of imidazole rings is 1.